The van der Waals surface area contributed by atoms with E-state index in [1.807, 2.05) is 31.2 Å². The molecule has 0 spiro atoms. The minimum Gasteiger partial charge on any atom is -0.339 e. The minimum absolute atomic E-state index is 0.0105. The molecule has 0 aliphatic carbocycles. The molecule has 3 aromatic rings. The lowest BCUT2D eigenvalue weighted by Gasteiger charge is -2.29. The number of piperidine rings is 1. The lowest BCUT2D eigenvalue weighted by molar-refractivity contribution is -0.117. The molecule has 0 saturated carbocycles. The van der Waals surface area contributed by atoms with Crippen LogP contribution in [-0.2, 0) is 4.79 Å². The van der Waals surface area contributed by atoms with Crippen LogP contribution in [0.2, 0.25) is 0 Å². The Balaban J connectivity index is 1.28. The van der Waals surface area contributed by atoms with Crippen molar-refractivity contribution < 1.29 is 13.7 Å². The van der Waals surface area contributed by atoms with Crippen LogP contribution in [0.5, 0.6) is 0 Å². The molecular weight excluding hydrogens is 371 g/mol. The number of nitrogens with zero attached hydrogens (tertiary/aromatic N) is 3. The highest BCUT2D eigenvalue weighted by Gasteiger charge is 2.26. The van der Waals surface area contributed by atoms with Crippen molar-refractivity contribution >= 4 is 11.6 Å². The van der Waals surface area contributed by atoms with Crippen molar-refractivity contribution in [2.45, 2.75) is 25.7 Å². The molecule has 1 fully saturated rings. The zero-order chi connectivity index (χ0) is 20.2. The summed E-state index contributed by atoms with van der Waals surface area (Å²) in [5.41, 5.74) is 2.70. The number of benzene rings is 2. The number of likely N-dealkylation sites (tertiary alicyclic amines) is 1. The summed E-state index contributed by atoms with van der Waals surface area (Å²) in [4.78, 5) is 18.9. The van der Waals surface area contributed by atoms with Crippen LogP contribution in [0.4, 0.5) is 10.1 Å². The summed E-state index contributed by atoms with van der Waals surface area (Å²) in [7, 11) is 0. The average molecular weight is 394 g/mol. The number of amides is 1. The van der Waals surface area contributed by atoms with Crippen molar-refractivity contribution in [1.82, 2.24) is 15.0 Å². The van der Waals surface area contributed by atoms with E-state index in [0.29, 0.717) is 18.3 Å². The van der Waals surface area contributed by atoms with Crippen molar-refractivity contribution in [3.05, 3.63) is 65.8 Å². The second kappa shape index (κ2) is 8.53. The maximum atomic E-state index is 13.1. The van der Waals surface area contributed by atoms with Crippen LogP contribution in [-0.4, -0.2) is 40.6 Å². The Bertz CT molecular complexity index is 961. The Hall–Kier alpha value is -3.06. The molecule has 0 unspecified atom stereocenters. The SMILES string of the molecule is Cc1ccc(NC(=O)CN2CCC(c3nc(-c4ccc(F)cc4)no3)CC2)cc1. The van der Waals surface area contributed by atoms with E-state index in [9.17, 15) is 9.18 Å². The van der Waals surface area contributed by atoms with E-state index in [1.54, 1.807) is 12.1 Å². The quantitative estimate of drug-likeness (QED) is 0.708. The zero-order valence-corrected chi connectivity index (χ0v) is 16.3. The van der Waals surface area contributed by atoms with Crippen LogP contribution in [0, 0.1) is 12.7 Å². The van der Waals surface area contributed by atoms with Gasteiger partial charge in [0.05, 0.1) is 6.54 Å². The smallest absolute Gasteiger partial charge is 0.238 e. The molecule has 0 atom stereocenters. The Labute approximate surface area is 168 Å². The first-order valence-corrected chi connectivity index (χ1v) is 9.75. The summed E-state index contributed by atoms with van der Waals surface area (Å²) in [6.45, 7) is 3.97. The second-order valence-corrected chi connectivity index (χ2v) is 7.43. The van der Waals surface area contributed by atoms with Crippen molar-refractivity contribution in [2.75, 3.05) is 25.0 Å². The number of rotatable bonds is 5. The highest BCUT2D eigenvalue weighted by atomic mass is 19.1. The van der Waals surface area contributed by atoms with Crippen LogP contribution in [0.3, 0.4) is 0 Å². The molecule has 1 aromatic heterocycles. The van der Waals surface area contributed by atoms with Gasteiger partial charge in [-0.25, -0.2) is 4.39 Å². The van der Waals surface area contributed by atoms with E-state index in [-0.39, 0.29) is 17.6 Å². The molecule has 150 valence electrons. The number of anilines is 1. The molecule has 1 saturated heterocycles. The van der Waals surface area contributed by atoms with Crippen LogP contribution >= 0.6 is 0 Å². The van der Waals surface area contributed by atoms with E-state index in [2.05, 4.69) is 20.4 Å². The van der Waals surface area contributed by atoms with Crippen LogP contribution < -0.4 is 5.32 Å². The third-order valence-corrected chi connectivity index (χ3v) is 5.18. The van der Waals surface area contributed by atoms with Gasteiger partial charge in [0.25, 0.3) is 0 Å². The zero-order valence-electron chi connectivity index (χ0n) is 16.3. The van der Waals surface area contributed by atoms with Gasteiger partial charge in [0.1, 0.15) is 5.82 Å². The normalized spacial score (nSPS) is 15.4. The van der Waals surface area contributed by atoms with Crippen molar-refractivity contribution in [3.8, 4) is 11.4 Å². The standard InChI is InChI=1S/C22H23FN4O2/c1-15-2-8-19(9-3-15)24-20(28)14-27-12-10-17(11-13-27)22-25-21(26-29-22)16-4-6-18(23)7-5-16/h2-9,17H,10-14H2,1H3,(H,24,28). The van der Waals surface area contributed by atoms with Crippen molar-refractivity contribution in [2.24, 2.45) is 0 Å². The van der Waals surface area contributed by atoms with E-state index in [1.165, 1.54) is 12.1 Å². The monoisotopic (exact) mass is 394 g/mol. The maximum absolute atomic E-state index is 13.1. The van der Waals surface area contributed by atoms with Crippen LogP contribution in [0.1, 0.15) is 30.2 Å². The molecule has 29 heavy (non-hydrogen) atoms. The fraction of sp³-hybridized carbons (Fsp3) is 0.318. The molecule has 7 heteroatoms. The molecule has 0 radical (unpaired) electrons. The van der Waals surface area contributed by atoms with Gasteiger partial charge in [-0.1, -0.05) is 22.9 Å². The number of carbonyl (C=O) groups is 1. The molecule has 2 heterocycles. The van der Waals surface area contributed by atoms with Gasteiger partial charge >= 0.3 is 0 Å². The highest BCUT2D eigenvalue weighted by molar-refractivity contribution is 5.92. The predicted octanol–water partition coefficient (Wildman–Crippen LogP) is 4.00. The molecule has 6 nitrogen and oxygen atoms in total. The Morgan fingerprint density at radius 2 is 1.83 bits per heavy atom. The highest BCUT2D eigenvalue weighted by Crippen LogP contribution is 2.28. The third-order valence-electron chi connectivity index (χ3n) is 5.18. The summed E-state index contributed by atoms with van der Waals surface area (Å²) in [5.74, 6) is 0.945. The summed E-state index contributed by atoms with van der Waals surface area (Å²) in [6, 6.07) is 13.8. The van der Waals surface area contributed by atoms with Gasteiger partial charge in [0.2, 0.25) is 17.6 Å². The van der Waals surface area contributed by atoms with Crippen molar-refractivity contribution in [1.29, 1.82) is 0 Å². The predicted molar refractivity (Wildman–Crippen MR) is 108 cm³/mol. The molecular formula is C22H23FN4O2. The molecule has 1 aliphatic rings. The minimum atomic E-state index is -0.295. The van der Waals surface area contributed by atoms with Gasteiger partial charge in [-0.05, 0) is 69.3 Å². The topological polar surface area (TPSA) is 71.3 Å². The van der Waals surface area contributed by atoms with Crippen LogP contribution in [0.15, 0.2) is 53.1 Å². The number of carbonyl (C=O) groups excluding carboxylic acids is 1. The lowest BCUT2D eigenvalue weighted by Crippen LogP contribution is -2.38. The van der Waals surface area contributed by atoms with Gasteiger partial charge in [-0.2, -0.15) is 4.98 Å². The number of aromatic nitrogens is 2. The third kappa shape index (κ3) is 4.86. The maximum Gasteiger partial charge on any atom is 0.238 e. The number of hydrogen-bond acceptors (Lipinski definition) is 5. The van der Waals surface area contributed by atoms with Gasteiger partial charge < -0.3 is 9.84 Å². The molecule has 1 aliphatic heterocycles. The molecule has 4 rings (SSSR count). The first-order chi connectivity index (χ1) is 14.1. The number of halogens is 1. The molecule has 2 aromatic carbocycles. The summed E-state index contributed by atoms with van der Waals surface area (Å²) in [5, 5.41) is 6.96. The Kier molecular flexibility index (Phi) is 5.67. The van der Waals surface area contributed by atoms with E-state index in [4.69, 9.17) is 4.52 Å². The van der Waals surface area contributed by atoms with Gasteiger partial charge in [0, 0.05) is 17.2 Å². The average Bonchev–Trinajstić information content (AvgIpc) is 3.21. The van der Waals surface area contributed by atoms with E-state index >= 15 is 0 Å². The van der Waals surface area contributed by atoms with E-state index < -0.39 is 0 Å². The largest absolute Gasteiger partial charge is 0.339 e. The summed E-state index contributed by atoms with van der Waals surface area (Å²) in [6.07, 6.45) is 1.70. The first kappa shape index (κ1) is 19.3. The van der Waals surface area contributed by atoms with Gasteiger partial charge in [-0.15, -0.1) is 0 Å². The fourth-order valence-corrected chi connectivity index (χ4v) is 3.50. The number of hydrogen-bond donors (Lipinski definition) is 1. The Morgan fingerprint density at radius 1 is 1.14 bits per heavy atom. The first-order valence-electron chi connectivity index (χ1n) is 9.75. The van der Waals surface area contributed by atoms with E-state index in [0.717, 1.165) is 42.7 Å². The lowest BCUT2D eigenvalue weighted by atomic mass is 9.97. The summed E-state index contributed by atoms with van der Waals surface area (Å²) >= 11 is 0. The second-order valence-electron chi connectivity index (χ2n) is 7.43. The number of nitrogens with one attached hydrogen (secondary N) is 1. The fourth-order valence-electron chi connectivity index (χ4n) is 3.50. The Morgan fingerprint density at radius 3 is 2.52 bits per heavy atom. The molecule has 0 bridgehead atoms. The summed E-state index contributed by atoms with van der Waals surface area (Å²) < 4.78 is 18.5. The number of aryl methyl sites for hydroxylation is 1. The van der Waals surface area contributed by atoms with Crippen LogP contribution in [0.25, 0.3) is 11.4 Å². The van der Waals surface area contributed by atoms with Gasteiger partial charge in [0.15, 0.2) is 0 Å². The molecule has 1 amide bonds. The van der Waals surface area contributed by atoms with Gasteiger partial charge in [-0.3, -0.25) is 9.69 Å². The van der Waals surface area contributed by atoms with Crippen molar-refractivity contribution in [3.63, 3.8) is 0 Å². The molecule has 1 N–H and O–H groups in total.